The number of anilines is 1. The van der Waals surface area contributed by atoms with Gasteiger partial charge in [-0.25, -0.2) is 0 Å². The van der Waals surface area contributed by atoms with Crippen LogP contribution in [0.1, 0.15) is 26.7 Å². The number of ether oxygens (including phenoxy) is 1. The molecule has 0 radical (unpaired) electrons. The Balaban J connectivity index is 2.20. The van der Waals surface area contributed by atoms with Crippen molar-refractivity contribution < 1.29 is 4.74 Å². The van der Waals surface area contributed by atoms with Gasteiger partial charge in [-0.05, 0) is 54.4 Å². The van der Waals surface area contributed by atoms with Gasteiger partial charge in [0.05, 0.1) is 16.2 Å². The van der Waals surface area contributed by atoms with Gasteiger partial charge in [0.2, 0.25) is 0 Å². The van der Waals surface area contributed by atoms with Crippen LogP contribution in [-0.4, -0.2) is 24.3 Å². The van der Waals surface area contributed by atoms with E-state index in [4.69, 9.17) is 22.1 Å². The van der Waals surface area contributed by atoms with Crippen LogP contribution in [0.2, 0.25) is 5.02 Å². The number of rotatable bonds is 3. The average molecular weight is 348 g/mol. The minimum atomic E-state index is -0.145. The van der Waals surface area contributed by atoms with Crippen LogP contribution in [0.15, 0.2) is 22.7 Å². The lowest BCUT2D eigenvalue weighted by atomic mass is 9.81. The van der Waals surface area contributed by atoms with Crippen LogP contribution in [0, 0.1) is 0 Å². The molecular weight excluding hydrogens is 328 g/mol. The highest BCUT2D eigenvalue weighted by atomic mass is 79.9. The van der Waals surface area contributed by atoms with Gasteiger partial charge in [-0.15, -0.1) is 0 Å². The molecule has 0 spiro atoms. The van der Waals surface area contributed by atoms with Crippen LogP contribution in [0.4, 0.5) is 5.69 Å². The summed E-state index contributed by atoms with van der Waals surface area (Å²) in [7, 11) is 0. The Morgan fingerprint density at radius 1 is 1.47 bits per heavy atom. The zero-order valence-corrected chi connectivity index (χ0v) is 13.6. The van der Waals surface area contributed by atoms with Crippen molar-refractivity contribution in [2.75, 3.05) is 18.5 Å². The molecule has 5 heteroatoms. The van der Waals surface area contributed by atoms with E-state index in [9.17, 15) is 0 Å². The van der Waals surface area contributed by atoms with Crippen molar-refractivity contribution in [3.05, 3.63) is 27.7 Å². The maximum absolute atomic E-state index is 6.02. The Morgan fingerprint density at radius 2 is 2.21 bits per heavy atom. The third-order valence-electron chi connectivity index (χ3n) is 3.56. The Bertz CT molecular complexity index is 467. The van der Waals surface area contributed by atoms with Gasteiger partial charge >= 0.3 is 0 Å². The summed E-state index contributed by atoms with van der Waals surface area (Å²) in [4.78, 5) is 0. The molecule has 1 fully saturated rings. The van der Waals surface area contributed by atoms with Crippen molar-refractivity contribution in [3.8, 4) is 0 Å². The Kier molecular flexibility index (Phi) is 4.45. The molecule has 0 aromatic heterocycles. The van der Waals surface area contributed by atoms with Crippen molar-refractivity contribution >= 4 is 33.2 Å². The summed E-state index contributed by atoms with van der Waals surface area (Å²) < 4.78 is 6.66. The highest BCUT2D eigenvalue weighted by molar-refractivity contribution is 9.10. The van der Waals surface area contributed by atoms with Crippen LogP contribution >= 0.6 is 27.5 Å². The molecule has 3 nitrogen and oxygen atoms in total. The van der Waals surface area contributed by atoms with Crippen LogP contribution in [0.25, 0.3) is 0 Å². The van der Waals surface area contributed by atoms with Gasteiger partial charge in [-0.1, -0.05) is 11.6 Å². The van der Waals surface area contributed by atoms with E-state index in [1.807, 2.05) is 18.2 Å². The van der Waals surface area contributed by atoms with Gasteiger partial charge in [0, 0.05) is 29.7 Å². The summed E-state index contributed by atoms with van der Waals surface area (Å²) in [6.07, 6.45) is 1.80. The van der Waals surface area contributed by atoms with Crippen molar-refractivity contribution in [1.82, 2.24) is 0 Å². The zero-order valence-electron chi connectivity index (χ0n) is 11.3. The molecule has 19 heavy (non-hydrogen) atoms. The molecule has 1 heterocycles. The first-order valence-corrected chi connectivity index (χ1v) is 7.60. The molecule has 1 aromatic rings. The van der Waals surface area contributed by atoms with Crippen LogP contribution in [0.3, 0.4) is 0 Å². The fraction of sp³-hybridized carbons (Fsp3) is 0.571. The molecule has 1 unspecified atom stereocenters. The molecule has 0 aliphatic carbocycles. The standard InChI is InChI=1S/C14H20BrClN2O/c1-13(2)8-14(9-17,5-6-19-13)18-10-3-4-12(16)11(15)7-10/h3-4,7,18H,5-6,8-9,17H2,1-2H3. The van der Waals surface area contributed by atoms with E-state index in [2.05, 4.69) is 35.1 Å². The molecule has 0 saturated carbocycles. The monoisotopic (exact) mass is 346 g/mol. The van der Waals surface area contributed by atoms with Crippen LogP contribution in [-0.2, 0) is 4.74 Å². The van der Waals surface area contributed by atoms with Gasteiger partial charge in [-0.2, -0.15) is 0 Å². The maximum atomic E-state index is 6.02. The molecule has 106 valence electrons. The molecular formula is C14H20BrClN2O. The quantitative estimate of drug-likeness (QED) is 0.874. The van der Waals surface area contributed by atoms with Crippen molar-refractivity contribution in [1.29, 1.82) is 0 Å². The number of benzene rings is 1. The predicted molar refractivity (Wildman–Crippen MR) is 83.8 cm³/mol. The minimum Gasteiger partial charge on any atom is -0.378 e. The summed E-state index contributed by atoms with van der Waals surface area (Å²) in [5.74, 6) is 0. The van der Waals surface area contributed by atoms with E-state index < -0.39 is 0 Å². The number of hydrogen-bond donors (Lipinski definition) is 2. The molecule has 0 bridgehead atoms. The first-order valence-electron chi connectivity index (χ1n) is 6.43. The summed E-state index contributed by atoms with van der Waals surface area (Å²) in [5, 5.41) is 4.28. The number of nitrogens with one attached hydrogen (secondary N) is 1. The average Bonchev–Trinajstić information content (AvgIpc) is 2.33. The highest BCUT2D eigenvalue weighted by Gasteiger charge is 2.39. The van der Waals surface area contributed by atoms with E-state index in [-0.39, 0.29) is 11.1 Å². The summed E-state index contributed by atoms with van der Waals surface area (Å²) in [5.41, 5.74) is 6.79. The smallest absolute Gasteiger partial charge is 0.0649 e. The third-order valence-corrected chi connectivity index (χ3v) is 4.77. The molecule has 0 amide bonds. The molecule has 2 rings (SSSR count). The Hall–Kier alpha value is -0.290. The maximum Gasteiger partial charge on any atom is 0.0649 e. The lowest BCUT2D eigenvalue weighted by Gasteiger charge is -2.45. The largest absolute Gasteiger partial charge is 0.378 e. The van der Waals surface area contributed by atoms with Gasteiger partial charge < -0.3 is 15.8 Å². The van der Waals surface area contributed by atoms with Gasteiger partial charge in [0.25, 0.3) is 0 Å². The second kappa shape index (κ2) is 5.60. The lowest BCUT2D eigenvalue weighted by molar-refractivity contribution is -0.0736. The van der Waals surface area contributed by atoms with Crippen LogP contribution < -0.4 is 11.1 Å². The van der Waals surface area contributed by atoms with Crippen molar-refractivity contribution in [3.63, 3.8) is 0 Å². The fourth-order valence-corrected chi connectivity index (χ4v) is 3.19. The topological polar surface area (TPSA) is 47.3 Å². The van der Waals surface area contributed by atoms with Crippen LogP contribution in [0.5, 0.6) is 0 Å². The first-order chi connectivity index (χ1) is 8.86. The van der Waals surface area contributed by atoms with Crippen molar-refractivity contribution in [2.45, 2.75) is 37.8 Å². The second-order valence-electron chi connectivity index (χ2n) is 5.77. The molecule has 1 saturated heterocycles. The van der Waals surface area contributed by atoms with E-state index in [1.54, 1.807) is 0 Å². The highest BCUT2D eigenvalue weighted by Crippen LogP contribution is 2.35. The first kappa shape index (κ1) is 15.1. The van der Waals surface area contributed by atoms with E-state index in [0.29, 0.717) is 11.6 Å². The van der Waals surface area contributed by atoms with Gasteiger partial charge in [0.1, 0.15) is 0 Å². The van der Waals surface area contributed by atoms with Gasteiger partial charge in [-0.3, -0.25) is 0 Å². The minimum absolute atomic E-state index is 0.116. The summed E-state index contributed by atoms with van der Waals surface area (Å²) in [6.45, 7) is 5.53. The number of nitrogens with two attached hydrogens (primary N) is 1. The fourth-order valence-electron chi connectivity index (χ4n) is 2.69. The third kappa shape index (κ3) is 3.63. The molecule has 1 aliphatic rings. The Labute approximate surface area is 128 Å². The molecule has 1 aromatic carbocycles. The van der Waals surface area contributed by atoms with E-state index >= 15 is 0 Å². The normalized spacial score (nSPS) is 26.2. The summed E-state index contributed by atoms with van der Waals surface area (Å²) in [6, 6.07) is 5.85. The molecule has 1 atom stereocenters. The SMILES string of the molecule is CC1(C)CC(CN)(Nc2ccc(Cl)c(Br)c2)CCO1. The van der Waals surface area contributed by atoms with Crippen molar-refractivity contribution in [2.24, 2.45) is 5.73 Å². The van der Waals surface area contributed by atoms with Gasteiger partial charge in [0.15, 0.2) is 0 Å². The molecule has 3 N–H and O–H groups in total. The predicted octanol–water partition coefficient (Wildman–Crippen LogP) is 3.80. The zero-order chi connectivity index (χ0) is 14.1. The number of halogens is 2. The summed E-state index contributed by atoms with van der Waals surface area (Å²) >= 11 is 9.46. The Morgan fingerprint density at radius 3 is 2.79 bits per heavy atom. The number of hydrogen-bond acceptors (Lipinski definition) is 3. The second-order valence-corrected chi connectivity index (χ2v) is 7.03. The van der Waals surface area contributed by atoms with E-state index in [1.165, 1.54) is 0 Å². The lowest BCUT2D eigenvalue weighted by Crippen LogP contribution is -2.55. The molecule has 1 aliphatic heterocycles. The van der Waals surface area contributed by atoms with E-state index in [0.717, 1.165) is 29.6 Å².